The number of nitrogens with one attached hydrogen (secondary N) is 1. The number of aliphatic hydroxyl groups is 1. The van der Waals surface area contributed by atoms with E-state index in [9.17, 15) is 15.2 Å². The molecule has 0 saturated carbocycles. The molecule has 2 N–H and O–H groups in total. The minimum atomic E-state index is -0.396. The molecule has 0 amide bonds. The Labute approximate surface area is 158 Å². The molecular formula is C19H26N4O4. The number of piperidine rings is 1. The van der Waals surface area contributed by atoms with Gasteiger partial charge >= 0.3 is 0 Å². The van der Waals surface area contributed by atoms with Crippen molar-refractivity contribution in [1.82, 2.24) is 9.88 Å². The fraction of sp³-hybridized carbons (Fsp3) is 0.526. The van der Waals surface area contributed by atoms with Crippen molar-refractivity contribution in [3.63, 3.8) is 0 Å². The molecule has 2 heterocycles. The largest absolute Gasteiger partial charge is 0.444 e. The van der Waals surface area contributed by atoms with E-state index in [1.807, 2.05) is 13.8 Å². The lowest BCUT2D eigenvalue weighted by Gasteiger charge is -2.31. The van der Waals surface area contributed by atoms with Crippen molar-refractivity contribution in [2.75, 3.05) is 25.0 Å². The summed E-state index contributed by atoms with van der Waals surface area (Å²) >= 11 is 0. The molecule has 1 aliphatic rings. The molecule has 1 saturated heterocycles. The van der Waals surface area contributed by atoms with Crippen molar-refractivity contribution in [1.29, 1.82) is 0 Å². The highest BCUT2D eigenvalue weighted by molar-refractivity contribution is 5.62. The summed E-state index contributed by atoms with van der Waals surface area (Å²) in [5.41, 5.74) is 2.12. The summed E-state index contributed by atoms with van der Waals surface area (Å²) in [5.74, 6) is 2.08. The van der Waals surface area contributed by atoms with Crippen LogP contribution in [0.3, 0.4) is 0 Å². The van der Waals surface area contributed by atoms with Crippen molar-refractivity contribution < 1.29 is 14.4 Å². The number of nitrogens with zero attached hydrogens (tertiary/aromatic N) is 3. The van der Waals surface area contributed by atoms with Gasteiger partial charge in [-0.3, -0.25) is 15.0 Å². The third-order valence-corrected chi connectivity index (χ3v) is 5.16. The standard InChI is InChI=1S/C19H26N4O4/c1-13-14(2)27-19(21-13)11-22-7-5-15(6-8-22)10-20-17-9-16(12-24)3-4-18(17)23(25)26/h3-4,9,15,20,24H,5-8,10-12H2,1-2H3. The van der Waals surface area contributed by atoms with Gasteiger partial charge in [-0.25, -0.2) is 4.98 Å². The van der Waals surface area contributed by atoms with Crippen molar-refractivity contribution >= 4 is 11.4 Å². The first-order chi connectivity index (χ1) is 13.0. The number of likely N-dealkylation sites (tertiary alicyclic amines) is 1. The normalized spacial score (nSPS) is 15.8. The molecule has 1 aromatic heterocycles. The van der Waals surface area contributed by atoms with E-state index in [0.29, 0.717) is 23.7 Å². The van der Waals surface area contributed by atoms with Crippen LogP contribution in [0, 0.1) is 29.9 Å². The molecular weight excluding hydrogens is 348 g/mol. The van der Waals surface area contributed by atoms with Crippen LogP contribution in [0.4, 0.5) is 11.4 Å². The number of nitro benzene ring substituents is 1. The zero-order valence-corrected chi connectivity index (χ0v) is 15.8. The number of aryl methyl sites for hydroxylation is 2. The van der Waals surface area contributed by atoms with Crippen LogP contribution in [-0.4, -0.2) is 39.5 Å². The molecule has 0 atom stereocenters. The summed E-state index contributed by atoms with van der Waals surface area (Å²) in [6.07, 6.45) is 2.03. The van der Waals surface area contributed by atoms with E-state index in [2.05, 4.69) is 15.2 Å². The fourth-order valence-electron chi connectivity index (χ4n) is 3.38. The number of hydrogen-bond acceptors (Lipinski definition) is 7. The number of aliphatic hydroxyl groups excluding tert-OH is 1. The van der Waals surface area contributed by atoms with Crippen LogP contribution in [0.25, 0.3) is 0 Å². The second-order valence-corrected chi connectivity index (χ2v) is 7.12. The molecule has 1 aliphatic heterocycles. The number of benzene rings is 1. The molecule has 8 heteroatoms. The van der Waals surface area contributed by atoms with Gasteiger partial charge in [-0.05, 0) is 63.4 Å². The molecule has 0 aliphatic carbocycles. The quantitative estimate of drug-likeness (QED) is 0.567. The van der Waals surface area contributed by atoms with Crippen LogP contribution in [0.5, 0.6) is 0 Å². The summed E-state index contributed by atoms with van der Waals surface area (Å²) in [7, 11) is 0. The minimum absolute atomic E-state index is 0.0410. The van der Waals surface area contributed by atoms with Gasteiger partial charge in [0.05, 0.1) is 23.8 Å². The summed E-state index contributed by atoms with van der Waals surface area (Å²) in [6, 6.07) is 4.67. The van der Waals surface area contributed by atoms with Gasteiger partial charge in [0.25, 0.3) is 5.69 Å². The van der Waals surface area contributed by atoms with Crippen LogP contribution in [-0.2, 0) is 13.2 Å². The molecule has 0 bridgehead atoms. The molecule has 8 nitrogen and oxygen atoms in total. The SMILES string of the molecule is Cc1nc(CN2CCC(CNc3cc(CO)ccc3[N+](=O)[O-])CC2)oc1C. The zero-order chi connectivity index (χ0) is 19.4. The Morgan fingerprint density at radius 3 is 2.70 bits per heavy atom. The molecule has 1 fully saturated rings. The lowest BCUT2D eigenvalue weighted by Crippen LogP contribution is -2.35. The summed E-state index contributed by atoms with van der Waals surface area (Å²) in [5, 5.41) is 23.7. The van der Waals surface area contributed by atoms with E-state index in [-0.39, 0.29) is 12.3 Å². The Balaban J connectivity index is 1.51. The predicted octanol–water partition coefficient (Wildman–Crippen LogP) is 3.02. The van der Waals surface area contributed by atoms with Gasteiger partial charge in [0.15, 0.2) is 0 Å². The van der Waals surface area contributed by atoms with E-state index in [1.165, 1.54) is 6.07 Å². The number of nitro groups is 1. The highest BCUT2D eigenvalue weighted by atomic mass is 16.6. The maximum absolute atomic E-state index is 11.2. The first-order valence-electron chi connectivity index (χ1n) is 9.23. The molecule has 27 heavy (non-hydrogen) atoms. The van der Waals surface area contributed by atoms with E-state index in [1.54, 1.807) is 12.1 Å². The summed E-state index contributed by atoms with van der Waals surface area (Å²) in [6.45, 7) is 7.04. The Hall–Kier alpha value is -2.45. The lowest BCUT2D eigenvalue weighted by atomic mass is 9.96. The smallest absolute Gasteiger partial charge is 0.292 e. The second-order valence-electron chi connectivity index (χ2n) is 7.12. The van der Waals surface area contributed by atoms with Gasteiger partial charge < -0.3 is 14.8 Å². The van der Waals surface area contributed by atoms with Crippen LogP contribution in [0.15, 0.2) is 22.6 Å². The molecule has 3 rings (SSSR count). The van der Waals surface area contributed by atoms with Gasteiger partial charge in [0, 0.05) is 12.6 Å². The van der Waals surface area contributed by atoms with Gasteiger partial charge in [-0.1, -0.05) is 0 Å². The van der Waals surface area contributed by atoms with E-state index < -0.39 is 4.92 Å². The third-order valence-electron chi connectivity index (χ3n) is 5.16. The topological polar surface area (TPSA) is 105 Å². The average Bonchev–Trinajstić information content (AvgIpc) is 2.97. The number of rotatable bonds is 7. The minimum Gasteiger partial charge on any atom is -0.444 e. The van der Waals surface area contributed by atoms with Gasteiger partial charge in [-0.2, -0.15) is 0 Å². The highest BCUT2D eigenvalue weighted by Gasteiger charge is 2.22. The summed E-state index contributed by atoms with van der Waals surface area (Å²) < 4.78 is 5.66. The molecule has 2 aromatic rings. The van der Waals surface area contributed by atoms with Crippen molar-refractivity contribution in [3.8, 4) is 0 Å². The fourth-order valence-corrected chi connectivity index (χ4v) is 3.38. The zero-order valence-electron chi connectivity index (χ0n) is 15.8. The molecule has 0 spiro atoms. The third kappa shape index (κ3) is 4.84. The maximum Gasteiger partial charge on any atom is 0.292 e. The van der Waals surface area contributed by atoms with Crippen molar-refractivity contribution in [3.05, 3.63) is 51.2 Å². The van der Waals surface area contributed by atoms with Gasteiger partial charge in [0.2, 0.25) is 5.89 Å². The first-order valence-corrected chi connectivity index (χ1v) is 9.23. The van der Waals surface area contributed by atoms with Crippen LogP contribution in [0.2, 0.25) is 0 Å². The number of oxazole rings is 1. The first kappa shape index (κ1) is 19.3. The molecule has 0 unspecified atom stereocenters. The predicted molar refractivity (Wildman–Crippen MR) is 101 cm³/mol. The maximum atomic E-state index is 11.2. The van der Waals surface area contributed by atoms with E-state index >= 15 is 0 Å². The Morgan fingerprint density at radius 1 is 1.37 bits per heavy atom. The van der Waals surface area contributed by atoms with Crippen LogP contribution >= 0.6 is 0 Å². The molecule has 0 radical (unpaired) electrons. The van der Waals surface area contributed by atoms with E-state index in [0.717, 1.165) is 49.8 Å². The average molecular weight is 374 g/mol. The van der Waals surface area contributed by atoms with Gasteiger partial charge in [-0.15, -0.1) is 0 Å². The number of aromatic nitrogens is 1. The van der Waals surface area contributed by atoms with Crippen LogP contribution < -0.4 is 5.32 Å². The Kier molecular flexibility index (Phi) is 6.08. The number of hydrogen-bond donors (Lipinski definition) is 2. The summed E-state index contributed by atoms with van der Waals surface area (Å²) in [4.78, 5) is 17.6. The second kappa shape index (κ2) is 8.49. The number of anilines is 1. The Morgan fingerprint density at radius 2 is 2.11 bits per heavy atom. The Bertz CT molecular complexity index is 778. The monoisotopic (exact) mass is 374 g/mol. The molecule has 146 valence electrons. The van der Waals surface area contributed by atoms with Gasteiger partial charge in [0.1, 0.15) is 11.4 Å². The van der Waals surface area contributed by atoms with E-state index in [4.69, 9.17) is 4.42 Å². The molecule has 1 aromatic carbocycles. The lowest BCUT2D eigenvalue weighted by molar-refractivity contribution is -0.384. The van der Waals surface area contributed by atoms with Crippen molar-refractivity contribution in [2.45, 2.75) is 39.8 Å². The highest BCUT2D eigenvalue weighted by Crippen LogP contribution is 2.27. The van der Waals surface area contributed by atoms with Crippen molar-refractivity contribution in [2.24, 2.45) is 5.92 Å². The van der Waals surface area contributed by atoms with Crippen LogP contribution in [0.1, 0.15) is 35.7 Å².